The monoisotopic (exact) mass is 318 g/mol. The van der Waals surface area contributed by atoms with Crippen LogP contribution in [0.4, 0.5) is 5.69 Å². The molecule has 1 aromatic carbocycles. The van der Waals surface area contributed by atoms with Crippen LogP contribution in [0.1, 0.15) is 32.3 Å². The molecule has 5 heteroatoms. The lowest BCUT2D eigenvalue weighted by molar-refractivity contribution is -0.222. The largest absolute Gasteiger partial charge is 0.380 e. The van der Waals surface area contributed by atoms with Gasteiger partial charge in [0.2, 0.25) is 5.91 Å². The van der Waals surface area contributed by atoms with Crippen molar-refractivity contribution in [1.29, 1.82) is 0 Å². The summed E-state index contributed by atoms with van der Waals surface area (Å²) in [6.07, 6.45) is 1.99. The van der Waals surface area contributed by atoms with Crippen LogP contribution < -0.4 is 11.1 Å². The summed E-state index contributed by atoms with van der Waals surface area (Å²) in [6.45, 7) is 5.34. The van der Waals surface area contributed by atoms with Crippen LogP contribution in [0, 0.1) is 11.3 Å². The van der Waals surface area contributed by atoms with E-state index in [0.29, 0.717) is 6.61 Å². The Bertz CT molecular complexity index is 602. The molecular formula is C18H26N2O3. The zero-order valence-corrected chi connectivity index (χ0v) is 14.1. The molecule has 0 aromatic heterocycles. The first-order valence-corrected chi connectivity index (χ1v) is 8.21. The molecule has 23 heavy (non-hydrogen) atoms. The predicted octanol–water partition coefficient (Wildman–Crippen LogP) is 2.30. The normalized spacial score (nSPS) is 31.8. The number of rotatable bonds is 4. The van der Waals surface area contributed by atoms with E-state index in [4.69, 9.17) is 15.2 Å². The van der Waals surface area contributed by atoms with E-state index in [0.717, 1.165) is 30.7 Å². The molecule has 0 bridgehead atoms. The minimum atomic E-state index is -0.894. The van der Waals surface area contributed by atoms with E-state index in [1.807, 2.05) is 38.1 Å². The third-order valence-corrected chi connectivity index (χ3v) is 5.56. The van der Waals surface area contributed by atoms with Crippen LogP contribution in [-0.2, 0) is 20.9 Å². The van der Waals surface area contributed by atoms with E-state index in [2.05, 4.69) is 5.32 Å². The summed E-state index contributed by atoms with van der Waals surface area (Å²) in [5, 5.41) is 3.00. The highest BCUT2D eigenvalue weighted by Crippen LogP contribution is 2.57. The first-order valence-electron chi connectivity index (χ1n) is 8.21. The van der Waals surface area contributed by atoms with E-state index in [1.54, 1.807) is 7.11 Å². The lowest BCUT2D eigenvalue weighted by atomic mass is 9.46. The summed E-state index contributed by atoms with van der Waals surface area (Å²) in [7, 11) is 1.65. The van der Waals surface area contributed by atoms with Crippen molar-refractivity contribution in [3.63, 3.8) is 0 Å². The number of carbonyl (C=O) groups excluding carboxylic acids is 1. The lowest BCUT2D eigenvalue weighted by Crippen LogP contribution is -2.81. The van der Waals surface area contributed by atoms with Crippen molar-refractivity contribution in [3.05, 3.63) is 29.8 Å². The molecule has 5 nitrogen and oxygen atoms in total. The zero-order valence-electron chi connectivity index (χ0n) is 14.1. The third kappa shape index (κ3) is 2.47. The van der Waals surface area contributed by atoms with Gasteiger partial charge in [0.1, 0.15) is 5.54 Å². The third-order valence-electron chi connectivity index (χ3n) is 5.56. The number of benzene rings is 1. The molecule has 2 fully saturated rings. The molecular weight excluding hydrogens is 292 g/mol. The van der Waals surface area contributed by atoms with Crippen LogP contribution >= 0.6 is 0 Å². The fourth-order valence-corrected chi connectivity index (χ4v) is 4.18. The van der Waals surface area contributed by atoms with Crippen molar-refractivity contribution < 1.29 is 14.3 Å². The Labute approximate surface area is 137 Å². The quantitative estimate of drug-likeness (QED) is 0.893. The molecule has 2 aliphatic rings. The van der Waals surface area contributed by atoms with Gasteiger partial charge < -0.3 is 20.5 Å². The topological polar surface area (TPSA) is 73.6 Å². The van der Waals surface area contributed by atoms with Gasteiger partial charge in [-0.2, -0.15) is 0 Å². The summed E-state index contributed by atoms with van der Waals surface area (Å²) in [5.41, 5.74) is 7.12. The molecule has 1 saturated heterocycles. The van der Waals surface area contributed by atoms with Crippen LogP contribution in [0.15, 0.2) is 24.3 Å². The van der Waals surface area contributed by atoms with Gasteiger partial charge in [0.25, 0.3) is 0 Å². The zero-order chi connectivity index (χ0) is 16.7. The van der Waals surface area contributed by atoms with Crippen molar-refractivity contribution in [1.82, 2.24) is 0 Å². The number of fused-ring (bicyclic) bond motifs is 1. The maximum absolute atomic E-state index is 12.9. The molecule has 126 valence electrons. The summed E-state index contributed by atoms with van der Waals surface area (Å²) < 4.78 is 11.0. The minimum absolute atomic E-state index is 0.0758. The fourth-order valence-electron chi connectivity index (χ4n) is 4.18. The van der Waals surface area contributed by atoms with Gasteiger partial charge in [0, 0.05) is 30.7 Å². The SMILES string of the molecule is COCc1cccc(NC(=O)C2(N)C3CCCOC3C2(C)C)c1. The number of nitrogens with one attached hydrogen (secondary N) is 1. The van der Waals surface area contributed by atoms with Crippen LogP contribution in [-0.4, -0.2) is 31.3 Å². The Morgan fingerprint density at radius 1 is 1.48 bits per heavy atom. The second-order valence-corrected chi connectivity index (χ2v) is 7.22. The second kappa shape index (κ2) is 5.89. The summed E-state index contributed by atoms with van der Waals surface area (Å²) in [4.78, 5) is 12.9. The van der Waals surface area contributed by atoms with Crippen molar-refractivity contribution in [2.24, 2.45) is 17.1 Å². The molecule has 3 atom stereocenters. The number of methoxy groups -OCH3 is 1. The van der Waals surface area contributed by atoms with Gasteiger partial charge in [0.05, 0.1) is 12.7 Å². The smallest absolute Gasteiger partial charge is 0.245 e. The maximum atomic E-state index is 12.9. The number of carbonyl (C=O) groups is 1. The molecule has 1 aliphatic heterocycles. The van der Waals surface area contributed by atoms with Crippen LogP contribution in [0.2, 0.25) is 0 Å². The molecule has 1 aromatic rings. The van der Waals surface area contributed by atoms with Gasteiger partial charge in [-0.05, 0) is 30.5 Å². The van der Waals surface area contributed by atoms with Gasteiger partial charge in [-0.1, -0.05) is 26.0 Å². The Kier molecular flexibility index (Phi) is 4.21. The Hall–Kier alpha value is -1.43. The van der Waals surface area contributed by atoms with Crippen molar-refractivity contribution >= 4 is 11.6 Å². The Balaban J connectivity index is 1.78. The fraction of sp³-hybridized carbons (Fsp3) is 0.611. The summed E-state index contributed by atoms with van der Waals surface area (Å²) >= 11 is 0. The number of nitrogens with two attached hydrogens (primary N) is 1. The number of anilines is 1. The number of amides is 1. The molecule has 0 spiro atoms. The molecule has 0 radical (unpaired) electrons. The first kappa shape index (κ1) is 16.4. The van der Waals surface area contributed by atoms with Crippen LogP contribution in [0.25, 0.3) is 0 Å². The second-order valence-electron chi connectivity index (χ2n) is 7.22. The highest BCUT2D eigenvalue weighted by Gasteiger charge is 2.70. The van der Waals surface area contributed by atoms with Gasteiger partial charge in [-0.25, -0.2) is 0 Å². The molecule has 1 amide bonds. The molecule has 1 heterocycles. The van der Waals surface area contributed by atoms with E-state index in [-0.39, 0.29) is 23.3 Å². The standard InChI is InChI=1S/C18H26N2O3/c1-17(2)15-14(8-5-9-23-15)18(17,19)16(21)20-13-7-4-6-12(10-13)11-22-3/h4,6-7,10,14-15H,5,8-9,11,19H2,1-3H3,(H,20,21). The Morgan fingerprint density at radius 3 is 3.00 bits per heavy atom. The molecule has 1 aliphatic carbocycles. The van der Waals surface area contributed by atoms with E-state index in [1.165, 1.54) is 0 Å². The first-order chi connectivity index (χ1) is 10.9. The van der Waals surface area contributed by atoms with Gasteiger partial charge in [-0.15, -0.1) is 0 Å². The highest BCUT2D eigenvalue weighted by molar-refractivity contribution is 6.00. The van der Waals surface area contributed by atoms with Gasteiger partial charge in [-0.3, -0.25) is 4.79 Å². The van der Waals surface area contributed by atoms with E-state index >= 15 is 0 Å². The molecule has 3 unspecified atom stereocenters. The molecule has 1 saturated carbocycles. The van der Waals surface area contributed by atoms with Crippen molar-refractivity contribution in [3.8, 4) is 0 Å². The average molecular weight is 318 g/mol. The lowest BCUT2D eigenvalue weighted by Gasteiger charge is -2.65. The molecule has 3 N–H and O–H groups in total. The van der Waals surface area contributed by atoms with E-state index in [9.17, 15) is 4.79 Å². The summed E-state index contributed by atoms with van der Waals surface area (Å²) in [6, 6.07) is 7.67. The highest BCUT2D eigenvalue weighted by atomic mass is 16.5. The van der Waals surface area contributed by atoms with Crippen LogP contribution in [0.3, 0.4) is 0 Å². The van der Waals surface area contributed by atoms with Crippen LogP contribution in [0.5, 0.6) is 0 Å². The van der Waals surface area contributed by atoms with Gasteiger partial charge in [0.15, 0.2) is 0 Å². The van der Waals surface area contributed by atoms with Gasteiger partial charge >= 0.3 is 0 Å². The maximum Gasteiger partial charge on any atom is 0.245 e. The van der Waals surface area contributed by atoms with Crippen molar-refractivity contribution in [2.75, 3.05) is 19.0 Å². The number of hydrogen-bond acceptors (Lipinski definition) is 4. The summed E-state index contributed by atoms with van der Waals surface area (Å²) in [5.74, 6) is -0.0303. The van der Waals surface area contributed by atoms with Crippen molar-refractivity contribution in [2.45, 2.75) is 44.9 Å². The van der Waals surface area contributed by atoms with E-state index < -0.39 is 5.54 Å². The number of ether oxygens (including phenoxy) is 2. The average Bonchev–Trinajstić information content (AvgIpc) is 2.54. The molecule has 3 rings (SSSR count). The number of hydrogen-bond donors (Lipinski definition) is 2. The Morgan fingerprint density at radius 2 is 2.26 bits per heavy atom. The minimum Gasteiger partial charge on any atom is -0.380 e. The predicted molar refractivity (Wildman–Crippen MR) is 88.9 cm³/mol.